The summed E-state index contributed by atoms with van der Waals surface area (Å²) in [5.74, 6) is 0. The van der Waals surface area contributed by atoms with Crippen LogP contribution in [0.1, 0.15) is 27.7 Å². The van der Waals surface area contributed by atoms with Crippen LogP contribution in [0.2, 0.25) is 0 Å². The first-order valence-corrected chi connectivity index (χ1v) is 11.8. The molecule has 1 fully saturated rings. The number of hydrogen-bond acceptors (Lipinski definition) is 3. The van der Waals surface area contributed by atoms with Crippen LogP contribution in [-0.4, -0.2) is 18.3 Å². The molecular weight excluding hydrogens is 419 g/mol. The first-order chi connectivity index (χ1) is 16.3. The van der Waals surface area contributed by atoms with Crippen LogP contribution in [0.15, 0.2) is 95.4 Å². The Morgan fingerprint density at radius 2 is 1.21 bits per heavy atom. The highest BCUT2D eigenvalue weighted by Gasteiger charge is 2.51. The zero-order valence-electron chi connectivity index (χ0n) is 20.0. The first-order valence-electron chi connectivity index (χ1n) is 11.8. The Morgan fingerprint density at radius 1 is 0.588 bits per heavy atom. The molecule has 1 aromatic heterocycles. The highest BCUT2D eigenvalue weighted by atomic mass is 16.7. The summed E-state index contributed by atoms with van der Waals surface area (Å²) >= 11 is 0. The molecule has 1 saturated heterocycles. The molecule has 0 aliphatic carbocycles. The van der Waals surface area contributed by atoms with E-state index in [4.69, 9.17) is 13.7 Å². The molecule has 4 aromatic carbocycles. The molecule has 0 unspecified atom stereocenters. The van der Waals surface area contributed by atoms with Gasteiger partial charge in [0, 0.05) is 16.3 Å². The second kappa shape index (κ2) is 7.59. The molecule has 1 aliphatic rings. The summed E-state index contributed by atoms with van der Waals surface area (Å²) in [6.07, 6.45) is 0. The maximum Gasteiger partial charge on any atom is 0.494 e. The fourth-order valence-electron chi connectivity index (χ4n) is 4.65. The predicted molar refractivity (Wildman–Crippen MR) is 140 cm³/mol. The Morgan fingerprint density at radius 3 is 1.85 bits per heavy atom. The summed E-state index contributed by atoms with van der Waals surface area (Å²) in [6, 6.07) is 31.7. The minimum absolute atomic E-state index is 0.383. The van der Waals surface area contributed by atoms with Crippen LogP contribution in [0.25, 0.3) is 44.2 Å². The van der Waals surface area contributed by atoms with Gasteiger partial charge in [0.2, 0.25) is 0 Å². The second-order valence-electron chi connectivity index (χ2n) is 10.1. The smallest absolute Gasteiger partial charge is 0.455 e. The van der Waals surface area contributed by atoms with Crippen LogP contribution in [0.4, 0.5) is 0 Å². The van der Waals surface area contributed by atoms with Crippen molar-refractivity contribution in [2.75, 3.05) is 0 Å². The van der Waals surface area contributed by atoms with Crippen molar-refractivity contribution in [3.8, 4) is 22.3 Å². The standard InChI is InChI=1S/C30H27BO3/c1-29(2)30(3,4)34-31(33-29)23-15-16-24-26-18-22(20-11-7-5-8-12-20)17-25(21-13-9-6-10-14-21)28(26)32-27(24)19-23/h5-19H,1-4H3. The molecule has 0 amide bonds. The van der Waals surface area contributed by atoms with Crippen LogP contribution in [0.3, 0.4) is 0 Å². The lowest BCUT2D eigenvalue weighted by atomic mass is 9.79. The van der Waals surface area contributed by atoms with Crippen LogP contribution in [0, 0.1) is 0 Å². The zero-order chi connectivity index (χ0) is 23.5. The molecule has 1 aliphatic heterocycles. The van der Waals surface area contributed by atoms with Gasteiger partial charge >= 0.3 is 7.12 Å². The highest BCUT2D eigenvalue weighted by molar-refractivity contribution is 6.62. The molecule has 168 valence electrons. The zero-order valence-corrected chi connectivity index (χ0v) is 20.0. The molecule has 34 heavy (non-hydrogen) atoms. The van der Waals surface area contributed by atoms with E-state index in [1.165, 1.54) is 11.1 Å². The van der Waals surface area contributed by atoms with Crippen molar-refractivity contribution in [2.45, 2.75) is 38.9 Å². The summed E-state index contributed by atoms with van der Waals surface area (Å²) in [5, 5.41) is 2.20. The summed E-state index contributed by atoms with van der Waals surface area (Å²) in [5.41, 5.74) is 6.51. The van der Waals surface area contributed by atoms with E-state index < -0.39 is 7.12 Å². The number of rotatable bonds is 3. The molecule has 0 N–H and O–H groups in total. The lowest BCUT2D eigenvalue weighted by Crippen LogP contribution is -2.41. The third-order valence-electron chi connectivity index (χ3n) is 7.31. The molecule has 6 rings (SSSR count). The Balaban J connectivity index is 1.54. The van der Waals surface area contributed by atoms with E-state index in [1.807, 2.05) is 12.1 Å². The van der Waals surface area contributed by atoms with Gasteiger partial charge in [-0.05, 0) is 68.0 Å². The van der Waals surface area contributed by atoms with Gasteiger partial charge in [-0.25, -0.2) is 0 Å². The molecule has 0 atom stereocenters. The fourth-order valence-corrected chi connectivity index (χ4v) is 4.65. The molecule has 5 aromatic rings. The molecule has 0 saturated carbocycles. The molecule has 0 spiro atoms. The number of benzene rings is 4. The van der Waals surface area contributed by atoms with Crippen molar-refractivity contribution in [1.82, 2.24) is 0 Å². The van der Waals surface area contributed by atoms with Crippen LogP contribution < -0.4 is 5.46 Å². The van der Waals surface area contributed by atoms with Gasteiger partial charge in [0.1, 0.15) is 11.2 Å². The van der Waals surface area contributed by atoms with Gasteiger partial charge < -0.3 is 13.7 Å². The third kappa shape index (κ3) is 3.37. The number of hydrogen-bond donors (Lipinski definition) is 0. The van der Waals surface area contributed by atoms with Gasteiger partial charge in [0.05, 0.1) is 11.2 Å². The highest BCUT2D eigenvalue weighted by Crippen LogP contribution is 2.40. The van der Waals surface area contributed by atoms with Crippen LogP contribution >= 0.6 is 0 Å². The van der Waals surface area contributed by atoms with E-state index in [-0.39, 0.29) is 11.2 Å². The molecule has 3 nitrogen and oxygen atoms in total. The van der Waals surface area contributed by atoms with Gasteiger partial charge in [-0.3, -0.25) is 0 Å². The maximum atomic E-state index is 6.52. The molecule has 4 heteroatoms. The van der Waals surface area contributed by atoms with E-state index in [1.54, 1.807) is 0 Å². The summed E-state index contributed by atoms with van der Waals surface area (Å²) in [4.78, 5) is 0. The quantitative estimate of drug-likeness (QED) is 0.274. The van der Waals surface area contributed by atoms with E-state index in [2.05, 4.69) is 107 Å². The normalized spacial score (nSPS) is 17.0. The molecule has 0 radical (unpaired) electrons. The Kier molecular flexibility index (Phi) is 4.74. The van der Waals surface area contributed by atoms with E-state index in [0.717, 1.165) is 38.5 Å². The van der Waals surface area contributed by atoms with E-state index >= 15 is 0 Å². The fraction of sp³-hybridized carbons (Fsp3) is 0.200. The van der Waals surface area contributed by atoms with Crippen molar-refractivity contribution in [3.63, 3.8) is 0 Å². The Hall–Kier alpha value is -3.34. The van der Waals surface area contributed by atoms with Gasteiger partial charge in [0.25, 0.3) is 0 Å². The van der Waals surface area contributed by atoms with E-state index in [9.17, 15) is 0 Å². The van der Waals surface area contributed by atoms with Gasteiger partial charge in [-0.15, -0.1) is 0 Å². The third-order valence-corrected chi connectivity index (χ3v) is 7.31. The number of furan rings is 1. The minimum Gasteiger partial charge on any atom is -0.455 e. The lowest BCUT2D eigenvalue weighted by molar-refractivity contribution is 0.00578. The molecular formula is C30H27BO3. The second-order valence-corrected chi connectivity index (χ2v) is 10.1. The van der Waals surface area contributed by atoms with Crippen molar-refractivity contribution < 1.29 is 13.7 Å². The maximum absolute atomic E-state index is 6.52. The lowest BCUT2D eigenvalue weighted by Gasteiger charge is -2.32. The predicted octanol–water partition coefficient (Wildman–Crippen LogP) is 7.22. The van der Waals surface area contributed by atoms with Crippen LogP contribution in [0.5, 0.6) is 0 Å². The largest absolute Gasteiger partial charge is 0.494 e. The van der Waals surface area contributed by atoms with Crippen molar-refractivity contribution in [1.29, 1.82) is 0 Å². The number of fused-ring (bicyclic) bond motifs is 3. The average molecular weight is 446 g/mol. The van der Waals surface area contributed by atoms with Crippen molar-refractivity contribution in [2.24, 2.45) is 0 Å². The van der Waals surface area contributed by atoms with E-state index in [0.29, 0.717) is 0 Å². The van der Waals surface area contributed by atoms with Crippen LogP contribution in [-0.2, 0) is 9.31 Å². The molecule has 2 heterocycles. The van der Waals surface area contributed by atoms with Gasteiger partial charge in [-0.1, -0.05) is 72.8 Å². The van der Waals surface area contributed by atoms with Gasteiger partial charge in [0.15, 0.2) is 0 Å². The Bertz CT molecular complexity index is 1480. The average Bonchev–Trinajstić information content (AvgIpc) is 3.32. The summed E-state index contributed by atoms with van der Waals surface area (Å²) < 4.78 is 19.1. The first kappa shape index (κ1) is 21.2. The molecule has 0 bridgehead atoms. The topological polar surface area (TPSA) is 31.6 Å². The SMILES string of the molecule is CC1(C)OB(c2ccc3c(c2)oc2c(-c4ccccc4)cc(-c4ccccc4)cc23)OC1(C)C. The van der Waals surface area contributed by atoms with Crippen molar-refractivity contribution >= 4 is 34.5 Å². The monoisotopic (exact) mass is 446 g/mol. The van der Waals surface area contributed by atoms with Crippen molar-refractivity contribution in [3.05, 3.63) is 91.0 Å². The van der Waals surface area contributed by atoms with Gasteiger partial charge in [-0.2, -0.15) is 0 Å². The summed E-state index contributed by atoms with van der Waals surface area (Å²) in [6.45, 7) is 8.29. The summed E-state index contributed by atoms with van der Waals surface area (Å²) in [7, 11) is -0.420. The Labute approximate surface area is 200 Å². The minimum atomic E-state index is -0.420.